The van der Waals surface area contributed by atoms with Crippen molar-refractivity contribution in [2.24, 2.45) is 11.7 Å². The van der Waals surface area contributed by atoms with Crippen LogP contribution >= 0.6 is 12.4 Å². The van der Waals surface area contributed by atoms with Gasteiger partial charge in [0.2, 0.25) is 5.91 Å². The molecule has 120 valence electrons. The van der Waals surface area contributed by atoms with E-state index in [1.54, 1.807) is 0 Å². The molecule has 0 aromatic heterocycles. The monoisotopic (exact) mass is 304 g/mol. The minimum atomic E-state index is 0. The maximum absolute atomic E-state index is 12.4. The maximum Gasteiger partial charge on any atom is 0.223 e. The van der Waals surface area contributed by atoms with Crippen molar-refractivity contribution < 1.29 is 4.79 Å². The van der Waals surface area contributed by atoms with Crippen molar-refractivity contribution in [3.05, 3.63) is 0 Å². The number of nitrogens with two attached hydrogens (primary N) is 1. The highest BCUT2D eigenvalue weighted by atomic mass is 35.5. The number of rotatable bonds is 10. The molecular formula is C16H33ClN2O. The number of amides is 1. The molecule has 0 aromatic carbocycles. The summed E-state index contributed by atoms with van der Waals surface area (Å²) in [6.07, 6.45) is 8.70. The normalized spacial score (nSPS) is 17.2. The van der Waals surface area contributed by atoms with Crippen molar-refractivity contribution in [3.8, 4) is 0 Å². The second-order valence-electron chi connectivity index (χ2n) is 6.11. The zero-order chi connectivity index (χ0) is 14.3. The first kappa shape index (κ1) is 19.7. The average molecular weight is 305 g/mol. The molecule has 2 unspecified atom stereocenters. The standard InChI is InChI=1S/C16H32N2O.ClH/c1-4-13(2)14(3)18(15-10-11-15)16(19)9-7-5-6-8-12-17;/h13-15H,4-12,17H2,1-3H3;1H. The van der Waals surface area contributed by atoms with Gasteiger partial charge >= 0.3 is 0 Å². The van der Waals surface area contributed by atoms with Gasteiger partial charge in [-0.3, -0.25) is 4.79 Å². The van der Waals surface area contributed by atoms with E-state index in [9.17, 15) is 4.79 Å². The van der Waals surface area contributed by atoms with E-state index >= 15 is 0 Å². The summed E-state index contributed by atoms with van der Waals surface area (Å²) < 4.78 is 0. The summed E-state index contributed by atoms with van der Waals surface area (Å²) in [5, 5.41) is 0. The molecule has 3 nitrogen and oxygen atoms in total. The lowest BCUT2D eigenvalue weighted by Gasteiger charge is -2.33. The van der Waals surface area contributed by atoms with Gasteiger partial charge in [-0.25, -0.2) is 0 Å². The third-order valence-electron chi connectivity index (χ3n) is 4.48. The van der Waals surface area contributed by atoms with Crippen molar-refractivity contribution in [2.75, 3.05) is 6.54 Å². The van der Waals surface area contributed by atoms with Crippen molar-refractivity contribution in [3.63, 3.8) is 0 Å². The summed E-state index contributed by atoms with van der Waals surface area (Å²) in [5.41, 5.74) is 5.48. The molecule has 4 heteroatoms. The highest BCUT2D eigenvalue weighted by Crippen LogP contribution is 2.32. The van der Waals surface area contributed by atoms with Gasteiger partial charge in [0.1, 0.15) is 0 Å². The molecule has 0 radical (unpaired) electrons. The first-order valence-corrected chi connectivity index (χ1v) is 8.13. The number of carbonyl (C=O) groups is 1. The summed E-state index contributed by atoms with van der Waals surface area (Å²) >= 11 is 0. The van der Waals surface area contributed by atoms with Gasteiger partial charge in [0.25, 0.3) is 0 Å². The molecule has 1 aliphatic carbocycles. The van der Waals surface area contributed by atoms with E-state index in [0.29, 0.717) is 23.9 Å². The predicted molar refractivity (Wildman–Crippen MR) is 88.2 cm³/mol. The molecule has 0 saturated heterocycles. The van der Waals surface area contributed by atoms with Crippen LogP contribution in [0.25, 0.3) is 0 Å². The van der Waals surface area contributed by atoms with E-state index < -0.39 is 0 Å². The van der Waals surface area contributed by atoms with Gasteiger partial charge in [-0.15, -0.1) is 12.4 Å². The molecule has 1 saturated carbocycles. The van der Waals surface area contributed by atoms with Gasteiger partial charge in [0.15, 0.2) is 0 Å². The molecule has 1 rings (SSSR count). The highest BCUT2D eigenvalue weighted by Gasteiger charge is 2.36. The summed E-state index contributed by atoms with van der Waals surface area (Å²) in [4.78, 5) is 14.6. The third kappa shape index (κ3) is 6.45. The van der Waals surface area contributed by atoms with E-state index in [1.165, 1.54) is 12.8 Å². The SMILES string of the molecule is CCC(C)C(C)N(C(=O)CCCCCCN)C1CC1.Cl. The lowest BCUT2D eigenvalue weighted by molar-refractivity contribution is -0.135. The Morgan fingerprint density at radius 1 is 1.20 bits per heavy atom. The molecule has 20 heavy (non-hydrogen) atoms. The Balaban J connectivity index is 0.00000361. The molecule has 1 aliphatic rings. The lowest BCUT2D eigenvalue weighted by atomic mass is 9.98. The number of halogens is 1. The van der Waals surface area contributed by atoms with Crippen LogP contribution in [-0.4, -0.2) is 29.4 Å². The van der Waals surface area contributed by atoms with Crippen LogP contribution in [-0.2, 0) is 4.79 Å². The summed E-state index contributed by atoms with van der Waals surface area (Å²) in [6.45, 7) is 7.46. The molecule has 0 aliphatic heterocycles. The molecule has 1 fully saturated rings. The predicted octanol–water partition coefficient (Wildman–Crippen LogP) is 3.74. The van der Waals surface area contributed by atoms with Gasteiger partial charge in [-0.2, -0.15) is 0 Å². The van der Waals surface area contributed by atoms with E-state index in [-0.39, 0.29) is 12.4 Å². The summed E-state index contributed by atoms with van der Waals surface area (Å²) in [7, 11) is 0. The van der Waals surface area contributed by atoms with Crippen LogP contribution in [0.1, 0.15) is 72.1 Å². The van der Waals surface area contributed by atoms with Crippen molar-refractivity contribution in [1.82, 2.24) is 4.90 Å². The van der Waals surface area contributed by atoms with E-state index in [2.05, 4.69) is 25.7 Å². The zero-order valence-electron chi connectivity index (χ0n) is 13.4. The molecule has 1 amide bonds. The number of carbonyl (C=O) groups excluding carboxylic acids is 1. The average Bonchev–Trinajstić information content (AvgIpc) is 3.22. The van der Waals surface area contributed by atoms with Gasteiger partial charge in [0, 0.05) is 18.5 Å². The largest absolute Gasteiger partial charge is 0.337 e. The van der Waals surface area contributed by atoms with Crippen LogP contribution in [0, 0.1) is 5.92 Å². The topological polar surface area (TPSA) is 46.3 Å². The smallest absolute Gasteiger partial charge is 0.223 e. The second-order valence-corrected chi connectivity index (χ2v) is 6.11. The van der Waals surface area contributed by atoms with Crippen molar-refractivity contribution in [2.45, 2.75) is 84.2 Å². The third-order valence-corrected chi connectivity index (χ3v) is 4.48. The Morgan fingerprint density at radius 2 is 1.80 bits per heavy atom. The molecule has 2 N–H and O–H groups in total. The minimum Gasteiger partial charge on any atom is -0.337 e. The number of nitrogens with zero attached hydrogens (tertiary/aromatic N) is 1. The van der Waals surface area contributed by atoms with Gasteiger partial charge in [-0.05, 0) is 45.1 Å². The van der Waals surface area contributed by atoms with Gasteiger partial charge in [0.05, 0.1) is 0 Å². The second kappa shape index (κ2) is 10.4. The molecule has 0 spiro atoms. The lowest BCUT2D eigenvalue weighted by Crippen LogP contribution is -2.43. The van der Waals surface area contributed by atoms with Gasteiger partial charge in [-0.1, -0.05) is 33.1 Å². The van der Waals surface area contributed by atoms with Crippen molar-refractivity contribution >= 4 is 18.3 Å². The molecular weight excluding hydrogens is 272 g/mol. The van der Waals surface area contributed by atoms with Crippen LogP contribution in [0.15, 0.2) is 0 Å². The zero-order valence-corrected chi connectivity index (χ0v) is 14.3. The Kier molecular flexibility index (Phi) is 10.3. The van der Waals surface area contributed by atoms with Crippen LogP contribution in [0.4, 0.5) is 0 Å². The fourth-order valence-corrected chi connectivity index (χ4v) is 2.63. The Bertz CT molecular complexity index is 269. The van der Waals surface area contributed by atoms with Crippen molar-refractivity contribution in [1.29, 1.82) is 0 Å². The summed E-state index contributed by atoms with van der Waals surface area (Å²) in [5.74, 6) is 0.977. The molecule has 0 heterocycles. The first-order chi connectivity index (χ1) is 9.11. The van der Waals surface area contributed by atoms with E-state index in [4.69, 9.17) is 5.73 Å². The molecule has 2 atom stereocenters. The Hall–Kier alpha value is -0.280. The van der Waals surface area contributed by atoms with Crippen LogP contribution in [0.5, 0.6) is 0 Å². The quantitative estimate of drug-likeness (QED) is 0.625. The van der Waals surface area contributed by atoms with Crippen LogP contribution < -0.4 is 5.73 Å². The minimum absolute atomic E-state index is 0. The van der Waals surface area contributed by atoms with Crippen LogP contribution in [0.3, 0.4) is 0 Å². The number of hydrogen-bond acceptors (Lipinski definition) is 2. The maximum atomic E-state index is 12.4. The van der Waals surface area contributed by atoms with Gasteiger partial charge < -0.3 is 10.6 Å². The Morgan fingerprint density at radius 3 is 2.30 bits per heavy atom. The van der Waals surface area contributed by atoms with Crippen LogP contribution in [0.2, 0.25) is 0 Å². The summed E-state index contributed by atoms with van der Waals surface area (Å²) in [6, 6.07) is 0.939. The number of hydrogen-bond donors (Lipinski definition) is 1. The first-order valence-electron chi connectivity index (χ1n) is 8.13. The Labute approximate surface area is 131 Å². The highest BCUT2D eigenvalue weighted by molar-refractivity contribution is 5.85. The fraction of sp³-hybridized carbons (Fsp3) is 0.938. The molecule has 0 bridgehead atoms. The van der Waals surface area contributed by atoms with E-state index in [0.717, 1.165) is 45.1 Å². The number of unbranched alkanes of at least 4 members (excludes halogenated alkanes) is 3. The fourth-order valence-electron chi connectivity index (χ4n) is 2.63. The van der Waals surface area contributed by atoms with E-state index in [1.807, 2.05) is 0 Å². The molecule has 0 aromatic rings.